The molecule has 2 heterocycles. The molecular formula is C21H24N2O3. The summed E-state index contributed by atoms with van der Waals surface area (Å²) in [5.41, 5.74) is 2.44. The number of piperazine rings is 1. The first-order valence-corrected chi connectivity index (χ1v) is 9.20. The Balaban J connectivity index is 1.24. The monoisotopic (exact) mass is 352 g/mol. The molecule has 0 spiro atoms. The maximum absolute atomic E-state index is 12.4. The third kappa shape index (κ3) is 3.99. The van der Waals surface area contributed by atoms with Crippen molar-refractivity contribution in [1.82, 2.24) is 9.80 Å². The van der Waals surface area contributed by atoms with Gasteiger partial charge >= 0.3 is 0 Å². The second-order valence-corrected chi connectivity index (χ2v) is 6.83. The molecule has 0 saturated carbocycles. The molecule has 2 aromatic rings. The molecule has 0 bridgehead atoms. The van der Waals surface area contributed by atoms with Gasteiger partial charge in [0.2, 0.25) is 12.7 Å². The molecule has 4 rings (SSSR count). The van der Waals surface area contributed by atoms with Crippen LogP contribution < -0.4 is 9.47 Å². The number of rotatable bonds is 5. The van der Waals surface area contributed by atoms with Crippen LogP contribution in [0.2, 0.25) is 0 Å². The Morgan fingerprint density at radius 1 is 0.885 bits per heavy atom. The standard InChI is InChI=1S/C21H24N2O3/c24-21(9-7-17-4-2-1-3-5-17)23-12-10-22(11-13-23)15-18-6-8-19-20(14-18)26-16-25-19/h1-6,8,14H,7,9-13,15-16H2. The summed E-state index contributed by atoms with van der Waals surface area (Å²) in [7, 11) is 0. The first-order valence-electron chi connectivity index (χ1n) is 9.20. The van der Waals surface area contributed by atoms with Gasteiger partial charge in [0.15, 0.2) is 11.5 Å². The van der Waals surface area contributed by atoms with Gasteiger partial charge in [-0.2, -0.15) is 0 Å². The molecule has 2 aliphatic heterocycles. The highest BCUT2D eigenvalue weighted by molar-refractivity contribution is 5.76. The van der Waals surface area contributed by atoms with Crippen molar-refractivity contribution in [3.63, 3.8) is 0 Å². The van der Waals surface area contributed by atoms with Crippen molar-refractivity contribution in [3.05, 3.63) is 59.7 Å². The summed E-state index contributed by atoms with van der Waals surface area (Å²) in [4.78, 5) is 16.8. The molecule has 136 valence electrons. The van der Waals surface area contributed by atoms with Crippen molar-refractivity contribution >= 4 is 5.91 Å². The van der Waals surface area contributed by atoms with Gasteiger partial charge in [-0.1, -0.05) is 36.4 Å². The molecule has 5 heteroatoms. The normalized spacial score (nSPS) is 16.7. The smallest absolute Gasteiger partial charge is 0.231 e. The van der Waals surface area contributed by atoms with Gasteiger partial charge in [-0.05, 0) is 29.7 Å². The third-order valence-electron chi connectivity index (χ3n) is 5.04. The van der Waals surface area contributed by atoms with E-state index in [2.05, 4.69) is 29.2 Å². The first kappa shape index (κ1) is 16.9. The van der Waals surface area contributed by atoms with Crippen LogP contribution in [0, 0.1) is 0 Å². The van der Waals surface area contributed by atoms with Gasteiger partial charge in [-0.15, -0.1) is 0 Å². The molecule has 0 N–H and O–H groups in total. The molecule has 5 nitrogen and oxygen atoms in total. The number of carbonyl (C=O) groups is 1. The van der Waals surface area contributed by atoms with Crippen molar-refractivity contribution in [2.45, 2.75) is 19.4 Å². The summed E-state index contributed by atoms with van der Waals surface area (Å²) < 4.78 is 10.8. The van der Waals surface area contributed by atoms with Crippen LogP contribution in [0.15, 0.2) is 48.5 Å². The Morgan fingerprint density at radius 2 is 1.65 bits per heavy atom. The fourth-order valence-electron chi connectivity index (χ4n) is 3.51. The molecule has 26 heavy (non-hydrogen) atoms. The van der Waals surface area contributed by atoms with E-state index in [0.717, 1.165) is 50.6 Å². The van der Waals surface area contributed by atoms with Gasteiger partial charge in [0.05, 0.1) is 0 Å². The fraction of sp³-hybridized carbons (Fsp3) is 0.381. The molecule has 0 unspecified atom stereocenters. The molecular weight excluding hydrogens is 328 g/mol. The largest absolute Gasteiger partial charge is 0.454 e. The Labute approximate surface area is 154 Å². The van der Waals surface area contributed by atoms with E-state index in [-0.39, 0.29) is 5.91 Å². The highest BCUT2D eigenvalue weighted by Gasteiger charge is 2.21. The molecule has 1 amide bonds. The minimum absolute atomic E-state index is 0.261. The predicted molar refractivity (Wildman–Crippen MR) is 99.2 cm³/mol. The average molecular weight is 352 g/mol. The summed E-state index contributed by atoms with van der Waals surface area (Å²) >= 11 is 0. The number of fused-ring (bicyclic) bond motifs is 1. The number of amides is 1. The van der Waals surface area contributed by atoms with Gasteiger partial charge in [0.1, 0.15) is 0 Å². The molecule has 2 aromatic carbocycles. The predicted octanol–water partition coefficient (Wildman–Crippen LogP) is 2.69. The summed E-state index contributed by atoms with van der Waals surface area (Å²) in [5.74, 6) is 1.91. The van der Waals surface area contributed by atoms with Gasteiger partial charge in [-0.25, -0.2) is 0 Å². The number of aryl methyl sites for hydroxylation is 1. The second kappa shape index (κ2) is 7.79. The second-order valence-electron chi connectivity index (χ2n) is 6.83. The molecule has 0 aromatic heterocycles. The number of hydrogen-bond donors (Lipinski definition) is 0. The molecule has 0 aliphatic carbocycles. The van der Waals surface area contributed by atoms with Crippen molar-refractivity contribution < 1.29 is 14.3 Å². The van der Waals surface area contributed by atoms with Gasteiger partial charge < -0.3 is 14.4 Å². The van der Waals surface area contributed by atoms with Crippen molar-refractivity contribution in [3.8, 4) is 11.5 Å². The molecule has 1 fully saturated rings. The van der Waals surface area contributed by atoms with E-state index in [4.69, 9.17) is 9.47 Å². The first-order chi connectivity index (χ1) is 12.8. The van der Waals surface area contributed by atoms with E-state index in [9.17, 15) is 4.79 Å². The van der Waals surface area contributed by atoms with Crippen LogP contribution in [0.1, 0.15) is 17.5 Å². The highest BCUT2D eigenvalue weighted by Crippen LogP contribution is 2.32. The average Bonchev–Trinajstić information content (AvgIpc) is 3.15. The van der Waals surface area contributed by atoms with Crippen LogP contribution in [-0.2, 0) is 17.8 Å². The van der Waals surface area contributed by atoms with Gasteiger partial charge in [-0.3, -0.25) is 9.69 Å². The lowest BCUT2D eigenvalue weighted by Crippen LogP contribution is -2.48. The zero-order valence-electron chi connectivity index (χ0n) is 14.9. The Kier molecular flexibility index (Phi) is 5.07. The van der Waals surface area contributed by atoms with Gasteiger partial charge in [0, 0.05) is 39.1 Å². The maximum atomic E-state index is 12.4. The van der Waals surface area contributed by atoms with Crippen molar-refractivity contribution in [2.24, 2.45) is 0 Å². The van der Waals surface area contributed by atoms with Crippen molar-refractivity contribution in [2.75, 3.05) is 33.0 Å². The summed E-state index contributed by atoms with van der Waals surface area (Å²) in [5, 5.41) is 0. The van der Waals surface area contributed by atoms with E-state index in [1.165, 1.54) is 11.1 Å². The molecule has 2 aliphatic rings. The van der Waals surface area contributed by atoms with E-state index in [1.54, 1.807) is 0 Å². The zero-order chi connectivity index (χ0) is 17.8. The Morgan fingerprint density at radius 3 is 2.46 bits per heavy atom. The van der Waals surface area contributed by atoms with E-state index in [1.807, 2.05) is 29.2 Å². The van der Waals surface area contributed by atoms with Crippen LogP contribution in [0.5, 0.6) is 11.5 Å². The summed E-state index contributed by atoms with van der Waals surface area (Å²) in [6.07, 6.45) is 1.41. The lowest BCUT2D eigenvalue weighted by molar-refractivity contribution is -0.133. The number of hydrogen-bond acceptors (Lipinski definition) is 4. The van der Waals surface area contributed by atoms with E-state index < -0.39 is 0 Å². The number of carbonyl (C=O) groups excluding carboxylic acids is 1. The Bertz CT molecular complexity index is 755. The van der Waals surface area contributed by atoms with Gasteiger partial charge in [0.25, 0.3) is 0 Å². The number of nitrogens with zero attached hydrogens (tertiary/aromatic N) is 2. The van der Waals surface area contributed by atoms with E-state index in [0.29, 0.717) is 13.2 Å². The molecule has 1 saturated heterocycles. The van der Waals surface area contributed by atoms with Crippen LogP contribution in [0.3, 0.4) is 0 Å². The van der Waals surface area contributed by atoms with Crippen LogP contribution in [-0.4, -0.2) is 48.7 Å². The SMILES string of the molecule is O=C(CCc1ccccc1)N1CCN(Cc2ccc3c(c2)OCO3)CC1. The lowest BCUT2D eigenvalue weighted by Gasteiger charge is -2.34. The van der Waals surface area contributed by atoms with Crippen LogP contribution in [0.4, 0.5) is 0 Å². The minimum atomic E-state index is 0.261. The molecule has 0 atom stereocenters. The summed E-state index contributed by atoms with van der Waals surface area (Å²) in [6.45, 7) is 4.61. The summed E-state index contributed by atoms with van der Waals surface area (Å²) in [6, 6.07) is 16.3. The fourth-order valence-corrected chi connectivity index (χ4v) is 3.51. The molecule has 0 radical (unpaired) electrons. The van der Waals surface area contributed by atoms with E-state index >= 15 is 0 Å². The van der Waals surface area contributed by atoms with Crippen molar-refractivity contribution in [1.29, 1.82) is 0 Å². The Hall–Kier alpha value is -2.53. The highest BCUT2D eigenvalue weighted by atomic mass is 16.7. The van der Waals surface area contributed by atoms with Crippen LogP contribution in [0.25, 0.3) is 0 Å². The lowest BCUT2D eigenvalue weighted by atomic mass is 10.1. The van der Waals surface area contributed by atoms with Crippen LogP contribution >= 0.6 is 0 Å². The number of benzene rings is 2. The minimum Gasteiger partial charge on any atom is -0.454 e. The maximum Gasteiger partial charge on any atom is 0.231 e. The number of ether oxygens (including phenoxy) is 2. The zero-order valence-corrected chi connectivity index (χ0v) is 14.9. The third-order valence-corrected chi connectivity index (χ3v) is 5.04. The quantitative estimate of drug-likeness (QED) is 0.830. The topological polar surface area (TPSA) is 42.0 Å².